The first kappa shape index (κ1) is 40.9. The maximum Gasteiger partial charge on any atom is 0.316 e. The summed E-state index contributed by atoms with van der Waals surface area (Å²) >= 11 is 0. The number of allylic oxidation sites excluding steroid dienone is 1. The lowest BCUT2D eigenvalue weighted by atomic mass is 9.33. The molecule has 4 saturated carbocycles. The van der Waals surface area contributed by atoms with Crippen LogP contribution in [0.2, 0.25) is 0 Å². The number of hydrogen-bond acceptors (Lipinski definition) is 11. The van der Waals surface area contributed by atoms with Gasteiger partial charge in [-0.2, -0.15) is 0 Å². The molecule has 5 aliphatic carbocycles. The third-order valence-electron chi connectivity index (χ3n) is 15.8. The molecule has 0 aromatic heterocycles. The molecule has 0 spiro atoms. The van der Waals surface area contributed by atoms with Crippen LogP contribution in [-0.4, -0.2) is 74.1 Å². The number of Topliss-reactive ketones (excluding diaryl/α,β-unsaturated/α-hetero) is 1. The molecular weight excluding hydrogens is 692 g/mol. The van der Waals surface area contributed by atoms with Gasteiger partial charge in [-0.1, -0.05) is 48.5 Å². The van der Waals surface area contributed by atoms with E-state index < -0.39 is 47.9 Å². The molecule has 1 saturated heterocycles. The average molecular weight is 757 g/mol. The van der Waals surface area contributed by atoms with Crippen LogP contribution in [-0.2, 0) is 52.4 Å². The third-order valence-corrected chi connectivity index (χ3v) is 15.8. The minimum Gasteiger partial charge on any atom is -0.468 e. The molecule has 0 radical (unpaired) electrons. The van der Waals surface area contributed by atoms with Crippen molar-refractivity contribution in [1.29, 1.82) is 0 Å². The normalized spacial score (nSPS) is 42.6. The molecule has 6 aliphatic rings. The SMILES string of the molecule is COC(=O)[C@@]12CC[C@]3(C)C(CCC4[C@@]5(C)CCC(O[C@@H]6C[C@@H](OC(C)=O)[C@H](OC(C)=O)[C@@H](COC(C)=O)O6)C(C)(C)C5CC[C@]43C)C1=C(C(C)C)C(=O)C2. The van der Waals surface area contributed by atoms with Gasteiger partial charge in [0, 0.05) is 33.6 Å². The van der Waals surface area contributed by atoms with E-state index in [1.807, 2.05) is 0 Å². The van der Waals surface area contributed by atoms with Crippen molar-refractivity contribution in [1.82, 2.24) is 0 Å². The molecule has 54 heavy (non-hydrogen) atoms. The summed E-state index contributed by atoms with van der Waals surface area (Å²) in [5.74, 6) is -0.674. The molecule has 12 atom stereocenters. The van der Waals surface area contributed by atoms with Gasteiger partial charge in [-0.3, -0.25) is 24.0 Å². The van der Waals surface area contributed by atoms with Crippen molar-refractivity contribution in [2.45, 2.75) is 164 Å². The Kier molecular flexibility index (Phi) is 10.8. The minimum absolute atomic E-state index is 0.00728. The van der Waals surface area contributed by atoms with Crippen LogP contribution in [0.5, 0.6) is 0 Å². The van der Waals surface area contributed by atoms with Gasteiger partial charge < -0.3 is 28.4 Å². The highest BCUT2D eigenvalue weighted by Gasteiger charge is 2.71. The molecule has 1 aliphatic heterocycles. The van der Waals surface area contributed by atoms with Crippen LogP contribution in [0, 0.1) is 50.7 Å². The van der Waals surface area contributed by atoms with Gasteiger partial charge in [-0.05, 0) is 108 Å². The molecule has 4 unspecified atom stereocenters. The highest BCUT2D eigenvalue weighted by molar-refractivity contribution is 6.05. The van der Waals surface area contributed by atoms with Crippen LogP contribution in [0.3, 0.4) is 0 Å². The second-order valence-electron chi connectivity index (χ2n) is 19.1. The van der Waals surface area contributed by atoms with Gasteiger partial charge in [0.25, 0.3) is 0 Å². The largest absolute Gasteiger partial charge is 0.468 e. The van der Waals surface area contributed by atoms with Crippen LogP contribution >= 0.6 is 0 Å². The standard InChI is InChI=1S/C43H64O11/c1-23(2)35-28(47)21-43(38(48)49-11)19-18-41(9)27(36(35)43)12-13-32-40(8)16-15-33(39(6,7)31(40)14-17-42(32,41)10)54-34-20-29(51-25(4)45)37(52-26(5)46)30(53-34)22-50-24(3)44/h23,27,29-34,37H,12-22H2,1-11H3/t27?,29-,30-,31?,32?,33?,34-,37+,40+,41-,42-,43-/m1/s1. The number of methoxy groups -OCH3 is 1. The molecule has 0 aromatic carbocycles. The number of hydrogen-bond donors (Lipinski definition) is 0. The van der Waals surface area contributed by atoms with E-state index in [9.17, 15) is 24.0 Å². The summed E-state index contributed by atoms with van der Waals surface area (Å²) in [6.07, 6.45) is 4.24. The van der Waals surface area contributed by atoms with E-state index in [0.29, 0.717) is 18.3 Å². The lowest BCUT2D eigenvalue weighted by Crippen LogP contribution is -2.66. The number of esters is 4. The second kappa shape index (κ2) is 14.3. The summed E-state index contributed by atoms with van der Waals surface area (Å²) in [4.78, 5) is 63.3. The molecule has 0 amide bonds. The Hall–Kier alpha value is -2.79. The van der Waals surface area contributed by atoms with Crippen molar-refractivity contribution >= 4 is 29.7 Å². The van der Waals surface area contributed by atoms with E-state index >= 15 is 0 Å². The fourth-order valence-electron chi connectivity index (χ4n) is 13.4. The number of carbonyl (C=O) groups excluding carboxylic acids is 5. The van der Waals surface area contributed by atoms with Gasteiger partial charge in [0.15, 0.2) is 18.2 Å². The number of rotatable bonds is 8. The fourth-order valence-corrected chi connectivity index (χ4v) is 13.4. The van der Waals surface area contributed by atoms with E-state index in [1.165, 1.54) is 27.9 Å². The smallest absolute Gasteiger partial charge is 0.316 e. The molecule has 0 N–H and O–H groups in total. The lowest BCUT2D eigenvalue weighted by molar-refractivity contribution is -0.302. The summed E-state index contributed by atoms with van der Waals surface area (Å²) in [7, 11) is 1.46. The van der Waals surface area contributed by atoms with Gasteiger partial charge in [-0.25, -0.2) is 0 Å². The highest BCUT2D eigenvalue weighted by atomic mass is 16.7. The van der Waals surface area contributed by atoms with Crippen LogP contribution in [0.4, 0.5) is 0 Å². The zero-order valence-corrected chi connectivity index (χ0v) is 34.5. The molecule has 1 heterocycles. The second-order valence-corrected chi connectivity index (χ2v) is 19.1. The first-order chi connectivity index (χ1) is 25.2. The molecule has 6 rings (SSSR count). The molecule has 11 nitrogen and oxygen atoms in total. The summed E-state index contributed by atoms with van der Waals surface area (Å²) in [5.41, 5.74) is 0.893. The Labute approximate surface area is 321 Å². The number of fused-ring (bicyclic) bond motifs is 7. The van der Waals surface area contributed by atoms with Crippen molar-refractivity contribution < 1.29 is 52.4 Å². The monoisotopic (exact) mass is 756 g/mol. The number of ether oxygens (including phenoxy) is 6. The number of ketones is 1. The Bertz CT molecular complexity index is 1580. The van der Waals surface area contributed by atoms with E-state index in [-0.39, 0.29) is 70.8 Å². The number of carbonyl (C=O) groups is 5. The molecule has 11 heteroatoms. The zero-order chi connectivity index (χ0) is 39.8. The van der Waals surface area contributed by atoms with Crippen molar-refractivity contribution in [2.75, 3.05) is 13.7 Å². The molecule has 302 valence electrons. The zero-order valence-electron chi connectivity index (χ0n) is 34.5. The highest BCUT2D eigenvalue weighted by Crippen LogP contribution is 2.77. The van der Waals surface area contributed by atoms with Crippen molar-refractivity contribution in [3.8, 4) is 0 Å². The van der Waals surface area contributed by atoms with Crippen molar-refractivity contribution in [3.05, 3.63) is 11.1 Å². The quantitative estimate of drug-likeness (QED) is 0.143. The molecule has 5 fully saturated rings. The van der Waals surface area contributed by atoms with E-state index in [4.69, 9.17) is 28.4 Å². The first-order valence-electron chi connectivity index (χ1n) is 20.3. The van der Waals surface area contributed by atoms with Crippen LogP contribution in [0.25, 0.3) is 0 Å². The average Bonchev–Trinajstić information content (AvgIpc) is 3.39. The van der Waals surface area contributed by atoms with Gasteiger partial charge in [0.1, 0.15) is 18.8 Å². The van der Waals surface area contributed by atoms with Crippen molar-refractivity contribution in [3.63, 3.8) is 0 Å². The van der Waals surface area contributed by atoms with Crippen molar-refractivity contribution in [2.24, 2.45) is 50.7 Å². The fraction of sp³-hybridized carbons (Fsp3) is 0.837. The van der Waals surface area contributed by atoms with Crippen LogP contribution in [0.15, 0.2) is 11.1 Å². The predicted molar refractivity (Wildman–Crippen MR) is 197 cm³/mol. The predicted octanol–water partition coefficient (Wildman–Crippen LogP) is 7.07. The maximum atomic E-state index is 13.7. The Morgan fingerprint density at radius 3 is 2.11 bits per heavy atom. The summed E-state index contributed by atoms with van der Waals surface area (Å²) in [6, 6.07) is 0. The Morgan fingerprint density at radius 2 is 1.50 bits per heavy atom. The van der Waals surface area contributed by atoms with Gasteiger partial charge >= 0.3 is 23.9 Å². The van der Waals surface area contributed by atoms with Crippen LogP contribution < -0.4 is 0 Å². The molecule has 0 bridgehead atoms. The summed E-state index contributed by atoms with van der Waals surface area (Å²) < 4.78 is 35.2. The minimum atomic E-state index is -0.951. The van der Waals surface area contributed by atoms with Crippen LogP contribution in [0.1, 0.15) is 133 Å². The Balaban J connectivity index is 1.26. The maximum absolute atomic E-state index is 13.7. The summed E-state index contributed by atoms with van der Waals surface area (Å²) in [6.45, 7) is 20.0. The van der Waals surface area contributed by atoms with E-state index in [1.54, 1.807) is 0 Å². The lowest BCUT2D eigenvalue weighted by Gasteiger charge is -2.72. The Morgan fingerprint density at radius 1 is 0.815 bits per heavy atom. The van der Waals surface area contributed by atoms with Gasteiger partial charge in [0.2, 0.25) is 0 Å². The third kappa shape index (κ3) is 6.35. The van der Waals surface area contributed by atoms with Gasteiger partial charge in [0.05, 0.1) is 18.6 Å². The van der Waals surface area contributed by atoms with E-state index in [2.05, 4.69) is 48.5 Å². The van der Waals surface area contributed by atoms with E-state index in [0.717, 1.165) is 56.1 Å². The first-order valence-corrected chi connectivity index (χ1v) is 20.3. The molecular formula is C43H64O11. The topological polar surface area (TPSA) is 141 Å². The van der Waals surface area contributed by atoms with Gasteiger partial charge in [-0.15, -0.1) is 0 Å². The molecule has 0 aromatic rings. The summed E-state index contributed by atoms with van der Waals surface area (Å²) in [5, 5.41) is 0.